The van der Waals surface area contributed by atoms with E-state index in [4.69, 9.17) is 0 Å². The Balaban J connectivity index is 1.01. The predicted molar refractivity (Wildman–Crippen MR) is 389 cm³/mol. The highest BCUT2D eigenvalue weighted by Crippen LogP contribution is 2.53. The largest absolute Gasteiger partial charge is 0.311 e. The van der Waals surface area contributed by atoms with Crippen molar-refractivity contribution < 1.29 is 0 Å². The summed E-state index contributed by atoms with van der Waals surface area (Å²) in [6.07, 6.45) is 0. The van der Waals surface area contributed by atoms with Crippen LogP contribution in [0.3, 0.4) is 0 Å². The lowest BCUT2D eigenvalue weighted by molar-refractivity contribution is 1.21. The summed E-state index contributed by atoms with van der Waals surface area (Å²) in [6, 6.07) is 130. The molecule has 0 N–H and O–H groups in total. The van der Waals surface area contributed by atoms with E-state index in [0.717, 1.165) is 108 Å². The number of benzene rings is 14. The van der Waals surface area contributed by atoms with Gasteiger partial charge < -0.3 is 29.4 Å². The minimum Gasteiger partial charge on any atom is -0.311 e. The molecular weight excluding hydrogens is 1110 g/mol. The Morgan fingerprint density at radius 1 is 0.196 bits per heavy atom. The van der Waals surface area contributed by atoms with Crippen LogP contribution in [-0.4, -0.2) is 13.4 Å². The molecule has 0 fully saturated rings. The van der Waals surface area contributed by atoms with E-state index in [2.05, 4.69) is 381 Å². The van der Waals surface area contributed by atoms with Gasteiger partial charge in [0, 0.05) is 91.0 Å². The van der Waals surface area contributed by atoms with Gasteiger partial charge in [-0.3, -0.25) is 0 Å². The Labute approximate surface area is 537 Å². The topological polar surface area (TPSA) is 19.4 Å². The van der Waals surface area contributed by atoms with E-state index in [1.54, 1.807) is 0 Å². The standard InChI is InChI=1S/C84H58B2N6/c1-10-32-59(33-11-1)80-83-78(91(66-46-24-8-25-47-66)76-56-68(87(60-34-12-2-13-35-60)61-36-14-3-15-37-61)54-74-81(76)85(83)70-50-28-30-52-72(70)89(74)64-42-20-6-21-43-64)58-79-84(80)86-71-51-29-31-53-73(71)90(65-44-22-7-23-45-65)75-55-69(57-77(82(75)86)92(79)67-48-26-9-27-49-67)88(62-38-16-4-17-39-62)63-40-18-5-19-41-63/h1-58H. The summed E-state index contributed by atoms with van der Waals surface area (Å²) in [5.74, 6) is 0. The second kappa shape index (κ2) is 21.9. The third kappa shape index (κ3) is 8.45. The minimum atomic E-state index is -0.235. The molecule has 0 amide bonds. The molecule has 18 rings (SSSR count). The summed E-state index contributed by atoms with van der Waals surface area (Å²) >= 11 is 0. The van der Waals surface area contributed by atoms with E-state index < -0.39 is 0 Å². The number of hydrogen-bond donors (Lipinski definition) is 0. The van der Waals surface area contributed by atoms with Gasteiger partial charge >= 0.3 is 0 Å². The monoisotopic (exact) mass is 1170 g/mol. The molecule has 0 spiro atoms. The Bertz CT molecular complexity index is 4690. The van der Waals surface area contributed by atoms with E-state index in [9.17, 15) is 0 Å². The van der Waals surface area contributed by atoms with Crippen LogP contribution >= 0.6 is 0 Å². The van der Waals surface area contributed by atoms with Gasteiger partial charge in [0.05, 0.1) is 11.4 Å². The second-order valence-electron chi connectivity index (χ2n) is 24.0. The first-order valence-corrected chi connectivity index (χ1v) is 31.7. The fourth-order valence-corrected chi connectivity index (χ4v) is 15.3. The molecule has 92 heavy (non-hydrogen) atoms. The van der Waals surface area contributed by atoms with Crippen molar-refractivity contribution in [3.05, 3.63) is 352 Å². The maximum Gasteiger partial charge on any atom is 0.252 e. The van der Waals surface area contributed by atoms with E-state index in [-0.39, 0.29) is 13.4 Å². The Morgan fingerprint density at radius 2 is 0.435 bits per heavy atom. The highest BCUT2D eigenvalue weighted by atomic mass is 15.2. The predicted octanol–water partition coefficient (Wildman–Crippen LogP) is 18.5. The molecule has 0 unspecified atom stereocenters. The summed E-state index contributed by atoms with van der Waals surface area (Å²) in [6.45, 7) is -0.470. The molecule has 4 aliphatic heterocycles. The Hall–Kier alpha value is -12.0. The lowest BCUT2D eigenvalue weighted by Crippen LogP contribution is -2.66. The molecule has 14 aromatic carbocycles. The van der Waals surface area contributed by atoms with E-state index >= 15 is 0 Å². The molecule has 0 atom stereocenters. The smallest absolute Gasteiger partial charge is 0.252 e. The summed E-state index contributed by atoms with van der Waals surface area (Å²) in [5.41, 5.74) is 29.6. The van der Waals surface area contributed by atoms with Crippen LogP contribution in [0.2, 0.25) is 0 Å². The van der Waals surface area contributed by atoms with Gasteiger partial charge in [0.2, 0.25) is 0 Å². The molecule has 8 heteroatoms. The average molecular weight is 1170 g/mol. The second-order valence-corrected chi connectivity index (χ2v) is 24.0. The van der Waals surface area contributed by atoms with Crippen LogP contribution in [0.25, 0.3) is 11.1 Å². The zero-order valence-electron chi connectivity index (χ0n) is 50.3. The highest BCUT2D eigenvalue weighted by molar-refractivity contribution is 7.04. The van der Waals surface area contributed by atoms with Crippen LogP contribution in [-0.2, 0) is 0 Å². The van der Waals surface area contributed by atoms with E-state index in [1.165, 1.54) is 38.3 Å². The van der Waals surface area contributed by atoms with Crippen molar-refractivity contribution in [1.29, 1.82) is 0 Å². The van der Waals surface area contributed by atoms with Gasteiger partial charge in [0.25, 0.3) is 13.4 Å². The van der Waals surface area contributed by atoms with Crippen LogP contribution in [0.5, 0.6) is 0 Å². The normalized spacial score (nSPS) is 12.9. The summed E-state index contributed by atoms with van der Waals surface area (Å²) < 4.78 is 0. The molecule has 4 heterocycles. The van der Waals surface area contributed by atoms with Gasteiger partial charge in [-0.1, -0.05) is 212 Å². The molecular formula is C84H58B2N6. The third-order valence-corrected chi connectivity index (χ3v) is 18.9. The van der Waals surface area contributed by atoms with Crippen LogP contribution < -0.4 is 62.2 Å². The first kappa shape index (κ1) is 53.1. The van der Waals surface area contributed by atoms with Crippen molar-refractivity contribution in [1.82, 2.24) is 0 Å². The first-order chi connectivity index (χ1) is 45.7. The summed E-state index contributed by atoms with van der Waals surface area (Å²) in [4.78, 5) is 15.1. The minimum absolute atomic E-state index is 0.235. The van der Waals surface area contributed by atoms with Crippen molar-refractivity contribution in [3.8, 4) is 11.1 Å². The number of anilines is 18. The summed E-state index contributed by atoms with van der Waals surface area (Å²) in [5, 5.41) is 0. The molecule has 0 saturated carbocycles. The number of hydrogen-bond acceptors (Lipinski definition) is 6. The van der Waals surface area contributed by atoms with Crippen molar-refractivity contribution in [2.75, 3.05) is 29.4 Å². The van der Waals surface area contributed by atoms with Crippen molar-refractivity contribution in [2.45, 2.75) is 0 Å². The SMILES string of the molecule is c1ccc(-c2c3c(cc4c2B2c5ccccc5N(c5ccccc5)c5cc(N(c6ccccc6)c6ccccc6)cc(c52)N4c2ccccc2)N(c2ccccc2)c2cc(N(c4ccccc4)c4ccccc4)cc4c2B3c2ccccc2N4c2ccccc2)cc1. The zero-order valence-corrected chi connectivity index (χ0v) is 50.3. The molecule has 0 aromatic heterocycles. The molecule has 6 nitrogen and oxygen atoms in total. The van der Waals surface area contributed by atoms with Gasteiger partial charge in [0.15, 0.2) is 0 Å². The number of fused-ring (bicyclic) bond motifs is 8. The Kier molecular flexibility index (Phi) is 12.7. The van der Waals surface area contributed by atoms with Gasteiger partial charge in [-0.05, 0) is 183 Å². The fourth-order valence-electron chi connectivity index (χ4n) is 15.3. The molecule has 0 saturated heterocycles. The molecule has 0 bridgehead atoms. The highest BCUT2D eigenvalue weighted by Gasteiger charge is 2.51. The molecule has 14 aromatic rings. The summed E-state index contributed by atoms with van der Waals surface area (Å²) in [7, 11) is 0. The quantitative estimate of drug-likeness (QED) is 0.119. The van der Waals surface area contributed by atoms with Crippen molar-refractivity contribution >= 4 is 149 Å². The number of rotatable bonds is 11. The van der Waals surface area contributed by atoms with Crippen LogP contribution in [0.4, 0.5) is 102 Å². The number of nitrogens with zero attached hydrogens (tertiary/aromatic N) is 6. The van der Waals surface area contributed by atoms with Gasteiger partial charge in [0.1, 0.15) is 0 Å². The van der Waals surface area contributed by atoms with Crippen molar-refractivity contribution in [3.63, 3.8) is 0 Å². The number of para-hydroxylation sites is 10. The van der Waals surface area contributed by atoms with Gasteiger partial charge in [-0.15, -0.1) is 0 Å². The van der Waals surface area contributed by atoms with E-state index in [1.807, 2.05) is 0 Å². The lowest BCUT2D eigenvalue weighted by Gasteiger charge is -2.49. The third-order valence-electron chi connectivity index (χ3n) is 18.9. The van der Waals surface area contributed by atoms with Crippen LogP contribution in [0.1, 0.15) is 0 Å². The maximum atomic E-state index is 2.60. The van der Waals surface area contributed by atoms with Crippen LogP contribution in [0.15, 0.2) is 352 Å². The van der Waals surface area contributed by atoms with Gasteiger partial charge in [-0.25, -0.2) is 0 Å². The lowest BCUT2D eigenvalue weighted by atomic mass is 9.28. The van der Waals surface area contributed by atoms with Crippen molar-refractivity contribution in [2.24, 2.45) is 0 Å². The molecule has 4 aliphatic rings. The maximum absolute atomic E-state index is 2.60. The zero-order chi connectivity index (χ0) is 60.6. The Morgan fingerprint density at radius 3 is 0.739 bits per heavy atom. The molecule has 0 aliphatic carbocycles. The fraction of sp³-hybridized carbons (Fsp3) is 0. The average Bonchev–Trinajstić information content (AvgIpc) is 0.678. The van der Waals surface area contributed by atoms with Crippen LogP contribution in [0, 0.1) is 0 Å². The van der Waals surface area contributed by atoms with E-state index in [0.29, 0.717) is 0 Å². The molecule has 0 radical (unpaired) electrons. The van der Waals surface area contributed by atoms with Gasteiger partial charge in [-0.2, -0.15) is 0 Å². The molecule has 430 valence electrons. The first-order valence-electron chi connectivity index (χ1n) is 31.7.